The number of benzene rings is 1. The number of aryl methyl sites for hydroxylation is 1. The van der Waals surface area contributed by atoms with Crippen LogP contribution in [-0.4, -0.2) is 50.7 Å². The first-order valence-corrected chi connectivity index (χ1v) is 8.91. The molecule has 2 rings (SSSR count). The Labute approximate surface area is 160 Å². The van der Waals surface area contributed by atoms with Gasteiger partial charge in [0, 0.05) is 43.8 Å². The molecule has 0 spiro atoms. The van der Waals surface area contributed by atoms with Gasteiger partial charge in [0.15, 0.2) is 6.61 Å². The molecule has 2 aromatic rings. The van der Waals surface area contributed by atoms with Crippen molar-refractivity contribution in [2.24, 2.45) is 0 Å². The van der Waals surface area contributed by atoms with Gasteiger partial charge in [0.1, 0.15) is 0 Å². The van der Waals surface area contributed by atoms with E-state index in [0.717, 1.165) is 17.1 Å². The van der Waals surface area contributed by atoms with Crippen LogP contribution in [0, 0.1) is 13.8 Å². The molecule has 0 saturated carbocycles. The van der Waals surface area contributed by atoms with Crippen LogP contribution in [0.5, 0.6) is 0 Å². The van der Waals surface area contributed by atoms with Crippen LogP contribution < -0.4 is 4.90 Å². The molecule has 0 fully saturated rings. The second-order valence-corrected chi connectivity index (χ2v) is 6.90. The van der Waals surface area contributed by atoms with Gasteiger partial charge in [-0.25, -0.2) is 4.79 Å². The summed E-state index contributed by atoms with van der Waals surface area (Å²) in [4.78, 5) is 26.7. The SMILES string of the molecule is COC[C@H](C)n1c(C)cc(C(=O)COC(=O)c2ccc(N(C)C)cc2)c1C. The van der Waals surface area contributed by atoms with Gasteiger partial charge in [-0.2, -0.15) is 0 Å². The molecule has 6 heteroatoms. The zero-order chi connectivity index (χ0) is 20.1. The number of methoxy groups -OCH3 is 1. The second-order valence-electron chi connectivity index (χ2n) is 6.90. The predicted molar refractivity (Wildman–Crippen MR) is 106 cm³/mol. The second kappa shape index (κ2) is 8.86. The molecule has 0 aliphatic rings. The lowest BCUT2D eigenvalue weighted by Gasteiger charge is -2.17. The van der Waals surface area contributed by atoms with Crippen LogP contribution in [0.15, 0.2) is 30.3 Å². The first kappa shape index (κ1) is 20.7. The Bertz CT molecular complexity index is 806. The maximum Gasteiger partial charge on any atom is 0.338 e. The van der Waals surface area contributed by atoms with Gasteiger partial charge in [0.2, 0.25) is 5.78 Å². The molecular weight excluding hydrogens is 344 g/mol. The van der Waals surface area contributed by atoms with E-state index in [9.17, 15) is 9.59 Å². The molecular formula is C21H28N2O4. The van der Waals surface area contributed by atoms with Crippen molar-refractivity contribution >= 4 is 17.4 Å². The maximum atomic E-state index is 12.6. The highest BCUT2D eigenvalue weighted by Gasteiger charge is 2.20. The lowest BCUT2D eigenvalue weighted by Crippen LogP contribution is -2.17. The molecule has 0 aliphatic carbocycles. The molecule has 0 amide bonds. The molecule has 1 aromatic carbocycles. The summed E-state index contributed by atoms with van der Waals surface area (Å²) in [5, 5.41) is 0. The molecule has 0 unspecified atom stereocenters. The van der Waals surface area contributed by atoms with Gasteiger partial charge in [-0.05, 0) is 51.1 Å². The minimum atomic E-state index is -0.504. The average molecular weight is 372 g/mol. The summed E-state index contributed by atoms with van der Waals surface area (Å²) in [6.07, 6.45) is 0. The maximum absolute atomic E-state index is 12.6. The van der Waals surface area contributed by atoms with E-state index >= 15 is 0 Å². The summed E-state index contributed by atoms with van der Waals surface area (Å²) in [5.74, 6) is -0.715. The molecule has 146 valence electrons. The standard InChI is InChI=1S/C21H28N2O4/c1-14-11-19(16(3)23(14)15(2)12-26-6)20(24)13-27-21(25)17-7-9-18(10-8-17)22(4)5/h7-11,15H,12-13H2,1-6H3/t15-/m0/s1. The highest BCUT2D eigenvalue weighted by atomic mass is 16.5. The molecule has 1 aromatic heterocycles. The van der Waals surface area contributed by atoms with Crippen molar-refractivity contribution in [2.75, 3.05) is 39.3 Å². The lowest BCUT2D eigenvalue weighted by molar-refractivity contribution is 0.0474. The minimum absolute atomic E-state index is 0.120. The Morgan fingerprint density at radius 1 is 1.15 bits per heavy atom. The van der Waals surface area contributed by atoms with Gasteiger partial charge in [-0.1, -0.05) is 0 Å². The number of carbonyl (C=O) groups excluding carboxylic acids is 2. The van der Waals surface area contributed by atoms with E-state index in [1.54, 1.807) is 19.2 Å². The van der Waals surface area contributed by atoms with Gasteiger partial charge < -0.3 is 18.9 Å². The molecule has 27 heavy (non-hydrogen) atoms. The van der Waals surface area contributed by atoms with E-state index < -0.39 is 5.97 Å². The Balaban J connectivity index is 2.05. The van der Waals surface area contributed by atoms with Crippen LogP contribution in [0.25, 0.3) is 0 Å². The quantitative estimate of drug-likeness (QED) is 0.525. The Morgan fingerprint density at radius 3 is 2.33 bits per heavy atom. The van der Waals surface area contributed by atoms with Crippen molar-refractivity contribution < 1.29 is 19.1 Å². The van der Waals surface area contributed by atoms with Crippen LogP contribution in [0.4, 0.5) is 5.69 Å². The fourth-order valence-corrected chi connectivity index (χ4v) is 3.24. The van der Waals surface area contributed by atoms with Gasteiger partial charge in [-0.15, -0.1) is 0 Å². The van der Waals surface area contributed by atoms with Crippen LogP contribution in [0.1, 0.15) is 45.1 Å². The number of Topliss-reactive ketones (excluding diaryl/α,β-unsaturated/α-hetero) is 1. The Hall–Kier alpha value is -2.60. The van der Waals surface area contributed by atoms with E-state index in [0.29, 0.717) is 17.7 Å². The molecule has 0 aliphatic heterocycles. The molecule has 0 bridgehead atoms. The Morgan fingerprint density at radius 2 is 1.78 bits per heavy atom. The number of hydrogen-bond donors (Lipinski definition) is 0. The van der Waals surface area contributed by atoms with Crippen molar-refractivity contribution in [3.63, 3.8) is 0 Å². The van der Waals surface area contributed by atoms with E-state index in [-0.39, 0.29) is 18.4 Å². The van der Waals surface area contributed by atoms with Crippen LogP contribution in [0.2, 0.25) is 0 Å². The predicted octanol–water partition coefficient (Wildman–Crippen LogP) is 3.42. The average Bonchev–Trinajstić information content (AvgIpc) is 2.94. The monoisotopic (exact) mass is 372 g/mol. The number of anilines is 1. The van der Waals surface area contributed by atoms with E-state index in [1.807, 2.05) is 58.0 Å². The van der Waals surface area contributed by atoms with Gasteiger partial charge in [0.05, 0.1) is 18.2 Å². The summed E-state index contributed by atoms with van der Waals surface area (Å²) < 4.78 is 12.5. The number of carbonyl (C=O) groups is 2. The number of ether oxygens (including phenoxy) is 2. The summed E-state index contributed by atoms with van der Waals surface area (Å²) in [7, 11) is 5.51. The number of aromatic nitrogens is 1. The van der Waals surface area contributed by atoms with Crippen LogP contribution in [-0.2, 0) is 9.47 Å². The molecule has 0 saturated heterocycles. The first-order chi connectivity index (χ1) is 12.8. The van der Waals surface area contributed by atoms with Gasteiger partial charge in [0.25, 0.3) is 0 Å². The summed E-state index contributed by atoms with van der Waals surface area (Å²) in [5.41, 5.74) is 3.82. The summed E-state index contributed by atoms with van der Waals surface area (Å²) >= 11 is 0. The van der Waals surface area contributed by atoms with Crippen LogP contribution >= 0.6 is 0 Å². The highest BCUT2D eigenvalue weighted by Crippen LogP contribution is 2.21. The minimum Gasteiger partial charge on any atom is -0.454 e. The van der Waals surface area contributed by atoms with E-state index in [1.165, 1.54) is 0 Å². The van der Waals surface area contributed by atoms with Crippen molar-refractivity contribution in [3.8, 4) is 0 Å². The van der Waals surface area contributed by atoms with Crippen molar-refractivity contribution in [3.05, 3.63) is 52.8 Å². The molecule has 1 heterocycles. The summed E-state index contributed by atoms with van der Waals surface area (Å²) in [6, 6.07) is 9.02. The van der Waals surface area contributed by atoms with Crippen LogP contribution in [0.3, 0.4) is 0 Å². The normalized spacial score (nSPS) is 11.9. The number of esters is 1. The largest absolute Gasteiger partial charge is 0.454 e. The molecule has 6 nitrogen and oxygen atoms in total. The third-order valence-corrected chi connectivity index (χ3v) is 4.59. The van der Waals surface area contributed by atoms with E-state index in [4.69, 9.17) is 9.47 Å². The number of nitrogens with zero attached hydrogens (tertiary/aromatic N) is 2. The molecule has 0 radical (unpaired) electrons. The number of hydrogen-bond acceptors (Lipinski definition) is 5. The fourth-order valence-electron chi connectivity index (χ4n) is 3.24. The van der Waals surface area contributed by atoms with Gasteiger partial charge >= 0.3 is 5.97 Å². The number of rotatable bonds is 8. The Kier molecular flexibility index (Phi) is 6.80. The van der Waals surface area contributed by atoms with Crippen molar-refractivity contribution in [1.82, 2.24) is 4.57 Å². The summed E-state index contributed by atoms with van der Waals surface area (Å²) in [6.45, 7) is 6.16. The van der Waals surface area contributed by atoms with Gasteiger partial charge in [-0.3, -0.25) is 4.79 Å². The zero-order valence-corrected chi connectivity index (χ0v) is 16.9. The third kappa shape index (κ3) is 4.77. The van der Waals surface area contributed by atoms with Crippen molar-refractivity contribution in [2.45, 2.75) is 26.8 Å². The topological polar surface area (TPSA) is 60.8 Å². The fraction of sp³-hybridized carbons (Fsp3) is 0.429. The van der Waals surface area contributed by atoms with Crippen molar-refractivity contribution in [1.29, 1.82) is 0 Å². The first-order valence-electron chi connectivity index (χ1n) is 8.91. The number of ketones is 1. The third-order valence-electron chi connectivity index (χ3n) is 4.59. The highest BCUT2D eigenvalue weighted by molar-refractivity contribution is 6.00. The lowest BCUT2D eigenvalue weighted by atomic mass is 10.1. The molecule has 0 N–H and O–H groups in total. The van der Waals surface area contributed by atoms with E-state index in [2.05, 4.69) is 4.57 Å². The smallest absolute Gasteiger partial charge is 0.338 e. The zero-order valence-electron chi connectivity index (χ0n) is 16.9. The molecule has 1 atom stereocenters.